The number of benzene rings is 1. The van der Waals surface area contributed by atoms with E-state index in [1.807, 2.05) is 0 Å². The van der Waals surface area contributed by atoms with Gasteiger partial charge in [0.2, 0.25) is 0 Å². The van der Waals surface area contributed by atoms with E-state index < -0.39 is 40.8 Å². The number of rotatable bonds is 3. The van der Waals surface area contributed by atoms with Crippen molar-refractivity contribution in [2.24, 2.45) is 0 Å². The summed E-state index contributed by atoms with van der Waals surface area (Å²) in [6.45, 7) is 2.21. The summed E-state index contributed by atoms with van der Waals surface area (Å²) >= 11 is 0. The maximum Gasteiger partial charge on any atom is 0.457 e. The minimum atomic E-state index is -6.79. The Hall–Kier alpha value is -2.26. The smallest absolute Gasteiger partial charge is 0.256 e. The number of pyridine rings is 1. The Kier molecular flexibility index (Phi) is 5.00. The highest BCUT2D eigenvalue weighted by Crippen LogP contribution is 2.59. The van der Waals surface area contributed by atoms with Crippen molar-refractivity contribution >= 4 is 0 Å². The molecule has 1 atom stereocenters. The van der Waals surface area contributed by atoms with E-state index in [2.05, 4.69) is 11.1 Å². The minimum Gasteiger partial charge on any atom is -0.256 e. The first-order chi connectivity index (χ1) is 12.1. The van der Waals surface area contributed by atoms with Crippen molar-refractivity contribution in [3.8, 4) is 11.3 Å². The zero-order valence-corrected chi connectivity index (χ0v) is 13.7. The monoisotopic (exact) mass is 400 g/mol. The van der Waals surface area contributed by atoms with Gasteiger partial charge in [-0.1, -0.05) is 12.1 Å². The summed E-state index contributed by atoms with van der Waals surface area (Å²) < 4.78 is 121. The summed E-state index contributed by atoms with van der Waals surface area (Å²) in [6, 6.07) is 6.45. The largest absolute Gasteiger partial charge is 0.457 e. The van der Waals surface area contributed by atoms with Crippen LogP contribution in [0.3, 0.4) is 0 Å². The van der Waals surface area contributed by atoms with Gasteiger partial charge < -0.3 is 0 Å². The SMILES string of the molecule is Cc1[c]c(C)c(-c2ccccn2)c(C(F)(C(F)(F)F)C(F)(F)C(F)(F)F)c1. The summed E-state index contributed by atoms with van der Waals surface area (Å²) in [7, 11) is 0. The van der Waals surface area contributed by atoms with E-state index in [0.29, 0.717) is 0 Å². The first-order valence-corrected chi connectivity index (χ1v) is 7.30. The van der Waals surface area contributed by atoms with Gasteiger partial charge in [-0.2, -0.15) is 35.1 Å². The van der Waals surface area contributed by atoms with Gasteiger partial charge in [0.05, 0.1) is 5.69 Å². The molecule has 0 amide bonds. The molecule has 2 rings (SSSR count). The van der Waals surface area contributed by atoms with Gasteiger partial charge in [0.15, 0.2) is 0 Å². The normalized spacial score (nSPS) is 15.5. The van der Waals surface area contributed by atoms with E-state index in [1.165, 1.54) is 12.1 Å². The van der Waals surface area contributed by atoms with E-state index >= 15 is 0 Å². The lowest BCUT2D eigenvalue weighted by Gasteiger charge is -2.37. The number of nitrogens with zero attached hydrogens (tertiary/aromatic N) is 1. The molecular formula is C17H11F9N. The van der Waals surface area contributed by atoms with Crippen LogP contribution in [0.4, 0.5) is 39.5 Å². The number of aryl methyl sites for hydroxylation is 2. The van der Waals surface area contributed by atoms with E-state index in [9.17, 15) is 39.5 Å². The van der Waals surface area contributed by atoms with Gasteiger partial charge in [0.25, 0.3) is 0 Å². The second kappa shape index (κ2) is 6.42. The standard InChI is InChI=1S/C17H11F9N/c1-9-7-10(2)13(12-5-3-4-6-27-12)11(8-9)14(18,16(21,22)23)15(19,20)17(24,25)26/h3-6,8H,1-2H3. The molecule has 0 fully saturated rings. The van der Waals surface area contributed by atoms with Gasteiger partial charge in [-0.3, -0.25) is 4.98 Å². The highest BCUT2D eigenvalue weighted by Gasteiger charge is 2.82. The second-order valence-electron chi connectivity index (χ2n) is 5.81. The molecule has 0 saturated heterocycles. The molecule has 0 aliphatic rings. The molecule has 1 aromatic heterocycles. The molecular weight excluding hydrogens is 389 g/mol. The van der Waals surface area contributed by atoms with Crippen LogP contribution in [0.1, 0.15) is 16.7 Å². The molecule has 147 valence electrons. The second-order valence-corrected chi connectivity index (χ2v) is 5.81. The van der Waals surface area contributed by atoms with Crippen LogP contribution in [0, 0.1) is 19.9 Å². The molecule has 0 saturated carbocycles. The van der Waals surface area contributed by atoms with E-state index in [-0.39, 0.29) is 17.2 Å². The van der Waals surface area contributed by atoms with Crippen LogP contribution in [0.25, 0.3) is 11.3 Å². The van der Waals surface area contributed by atoms with Crippen molar-refractivity contribution in [3.05, 3.63) is 53.2 Å². The summed E-state index contributed by atoms with van der Waals surface area (Å²) in [5.41, 5.74) is -9.63. The van der Waals surface area contributed by atoms with Crippen LogP contribution >= 0.6 is 0 Å². The fourth-order valence-electron chi connectivity index (χ4n) is 2.69. The van der Waals surface area contributed by atoms with Gasteiger partial charge in [0.1, 0.15) is 0 Å². The van der Waals surface area contributed by atoms with Crippen molar-refractivity contribution in [1.29, 1.82) is 0 Å². The fraction of sp³-hybridized carbons (Fsp3) is 0.353. The average molecular weight is 400 g/mol. The first-order valence-electron chi connectivity index (χ1n) is 7.30. The number of hydrogen-bond donors (Lipinski definition) is 0. The summed E-state index contributed by atoms with van der Waals surface area (Å²) in [6.07, 6.45) is -12.3. The Bertz CT molecular complexity index is 825. The predicted molar refractivity (Wildman–Crippen MR) is 77.8 cm³/mol. The highest BCUT2D eigenvalue weighted by molar-refractivity contribution is 5.70. The Labute approximate surface area is 147 Å². The van der Waals surface area contributed by atoms with Crippen molar-refractivity contribution in [3.63, 3.8) is 0 Å². The van der Waals surface area contributed by atoms with Crippen LogP contribution in [0.5, 0.6) is 0 Å². The zero-order valence-electron chi connectivity index (χ0n) is 13.7. The van der Waals surface area contributed by atoms with Gasteiger partial charge in [-0.05, 0) is 43.2 Å². The molecule has 1 nitrogen and oxygen atoms in total. The van der Waals surface area contributed by atoms with E-state index in [1.54, 1.807) is 0 Å². The Balaban J connectivity index is 2.99. The van der Waals surface area contributed by atoms with E-state index in [0.717, 1.165) is 26.1 Å². The van der Waals surface area contributed by atoms with Crippen LogP contribution in [0.2, 0.25) is 0 Å². The molecule has 1 aromatic carbocycles. The van der Waals surface area contributed by atoms with Gasteiger partial charge >= 0.3 is 23.9 Å². The summed E-state index contributed by atoms with van der Waals surface area (Å²) in [4.78, 5) is 3.66. The maximum absolute atomic E-state index is 15.0. The molecule has 0 aliphatic heterocycles. The Morgan fingerprint density at radius 2 is 1.44 bits per heavy atom. The number of aromatic nitrogens is 1. The van der Waals surface area contributed by atoms with Gasteiger partial charge in [0, 0.05) is 17.3 Å². The number of halogens is 9. The third-order valence-corrected chi connectivity index (χ3v) is 3.86. The first kappa shape index (κ1) is 21.0. The average Bonchev–Trinajstić information content (AvgIpc) is 2.51. The molecule has 1 heterocycles. The zero-order chi connectivity index (χ0) is 20.8. The quantitative estimate of drug-likeness (QED) is 0.568. The van der Waals surface area contributed by atoms with Crippen molar-refractivity contribution in [1.82, 2.24) is 4.98 Å². The number of alkyl halides is 9. The lowest BCUT2D eigenvalue weighted by atomic mass is 9.81. The third kappa shape index (κ3) is 3.25. The third-order valence-electron chi connectivity index (χ3n) is 3.86. The van der Waals surface area contributed by atoms with Crippen molar-refractivity contribution < 1.29 is 39.5 Å². The highest BCUT2D eigenvalue weighted by atomic mass is 19.4. The molecule has 2 aromatic rings. The van der Waals surface area contributed by atoms with Crippen molar-refractivity contribution in [2.75, 3.05) is 0 Å². The lowest BCUT2D eigenvalue weighted by Crippen LogP contribution is -2.60. The van der Waals surface area contributed by atoms with Crippen molar-refractivity contribution in [2.45, 2.75) is 37.8 Å². The molecule has 1 unspecified atom stereocenters. The van der Waals surface area contributed by atoms with Gasteiger partial charge in [-0.15, -0.1) is 0 Å². The fourth-order valence-corrected chi connectivity index (χ4v) is 2.69. The minimum absolute atomic E-state index is 0.244. The molecule has 27 heavy (non-hydrogen) atoms. The maximum atomic E-state index is 15.0. The summed E-state index contributed by atoms with van der Waals surface area (Å²) in [5.74, 6) is -6.75. The molecule has 0 spiro atoms. The van der Waals surface area contributed by atoms with Crippen LogP contribution in [-0.4, -0.2) is 23.3 Å². The number of hydrogen-bond acceptors (Lipinski definition) is 1. The Morgan fingerprint density at radius 3 is 1.89 bits per heavy atom. The van der Waals surface area contributed by atoms with Gasteiger partial charge in [-0.25, -0.2) is 4.39 Å². The van der Waals surface area contributed by atoms with E-state index in [4.69, 9.17) is 0 Å². The lowest BCUT2D eigenvalue weighted by molar-refractivity contribution is -0.389. The molecule has 10 heteroatoms. The predicted octanol–water partition coefficient (Wildman–Crippen LogP) is 6.09. The topological polar surface area (TPSA) is 12.9 Å². The summed E-state index contributed by atoms with van der Waals surface area (Å²) in [5, 5.41) is 0. The molecule has 0 N–H and O–H groups in total. The molecule has 1 radical (unpaired) electrons. The molecule has 0 bridgehead atoms. The van der Waals surface area contributed by atoms with Crippen LogP contribution in [-0.2, 0) is 5.67 Å². The van der Waals surface area contributed by atoms with Crippen LogP contribution < -0.4 is 0 Å². The van der Waals surface area contributed by atoms with Crippen LogP contribution in [0.15, 0.2) is 30.5 Å². The molecule has 0 aliphatic carbocycles. The Morgan fingerprint density at radius 1 is 0.852 bits per heavy atom.